The van der Waals surface area contributed by atoms with Crippen molar-refractivity contribution >= 4 is 11.8 Å². The molecule has 0 saturated carbocycles. The molecule has 3 nitrogen and oxygen atoms in total. The predicted octanol–water partition coefficient (Wildman–Crippen LogP) is 10.7. The van der Waals surface area contributed by atoms with Gasteiger partial charge in [-0.1, -0.05) is 121 Å². The van der Waals surface area contributed by atoms with Gasteiger partial charge in [0.1, 0.15) is 5.75 Å². The van der Waals surface area contributed by atoms with E-state index in [0.29, 0.717) is 16.9 Å². The highest BCUT2D eigenvalue weighted by Gasteiger charge is 2.16. The molecule has 0 radical (unpaired) electrons. The lowest BCUT2D eigenvalue weighted by Crippen LogP contribution is -2.12. The summed E-state index contributed by atoms with van der Waals surface area (Å²) in [4.78, 5) is 25.4. The Morgan fingerprint density at radius 3 is 1.70 bits per heavy atom. The first kappa shape index (κ1) is 31.3. The zero-order valence-electron chi connectivity index (χ0n) is 24.9. The molecule has 0 N–H and O–H groups in total. The molecule has 0 aliphatic rings. The normalized spacial score (nSPS) is 11.8. The van der Waals surface area contributed by atoms with Crippen molar-refractivity contribution < 1.29 is 14.3 Å². The first-order chi connectivity index (χ1) is 19.5. The summed E-state index contributed by atoms with van der Waals surface area (Å²) in [6, 6.07) is 23.2. The van der Waals surface area contributed by atoms with Crippen molar-refractivity contribution in [3.8, 4) is 16.9 Å². The van der Waals surface area contributed by atoms with Crippen molar-refractivity contribution in [2.45, 2.75) is 104 Å². The molecule has 214 valence electrons. The second kappa shape index (κ2) is 17.5. The van der Waals surface area contributed by atoms with Crippen LogP contribution in [0.25, 0.3) is 11.1 Å². The maximum Gasteiger partial charge on any atom is 0.343 e. The van der Waals surface area contributed by atoms with Crippen LogP contribution in [0.5, 0.6) is 5.75 Å². The molecule has 3 heteroatoms. The summed E-state index contributed by atoms with van der Waals surface area (Å²) in [7, 11) is 0. The maximum absolute atomic E-state index is 12.7. The van der Waals surface area contributed by atoms with Gasteiger partial charge < -0.3 is 4.74 Å². The highest BCUT2D eigenvalue weighted by atomic mass is 16.5. The molecule has 3 aromatic carbocycles. The number of benzene rings is 3. The summed E-state index contributed by atoms with van der Waals surface area (Å²) >= 11 is 0. The van der Waals surface area contributed by atoms with Crippen LogP contribution in [0.2, 0.25) is 0 Å². The van der Waals surface area contributed by atoms with Gasteiger partial charge in [0.25, 0.3) is 0 Å². The van der Waals surface area contributed by atoms with Crippen LogP contribution in [0.3, 0.4) is 0 Å². The van der Waals surface area contributed by atoms with Crippen molar-refractivity contribution in [3.05, 3.63) is 89.5 Å². The van der Waals surface area contributed by atoms with Gasteiger partial charge in [-0.2, -0.15) is 0 Å². The molecular weight excluding hydrogens is 492 g/mol. The van der Waals surface area contributed by atoms with Gasteiger partial charge in [-0.25, -0.2) is 4.79 Å². The number of aryl methyl sites for hydroxylation is 1. The Balaban J connectivity index is 1.46. The molecule has 0 aliphatic carbocycles. The Morgan fingerprint density at radius 1 is 0.600 bits per heavy atom. The summed E-state index contributed by atoms with van der Waals surface area (Å²) in [6.45, 7) is 6.45. The average Bonchev–Trinajstić information content (AvgIpc) is 2.99. The molecule has 0 unspecified atom stereocenters. The van der Waals surface area contributed by atoms with E-state index in [4.69, 9.17) is 4.74 Å². The second-order valence-electron chi connectivity index (χ2n) is 11.2. The van der Waals surface area contributed by atoms with Gasteiger partial charge in [-0.3, -0.25) is 4.79 Å². The number of hydrogen-bond acceptors (Lipinski definition) is 3. The third-order valence-electron chi connectivity index (χ3n) is 7.76. The highest BCUT2D eigenvalue weighted by molar-refractivity contribution is 5.98. The standard InChI is InChI=1S/C37H48O3/c1-4-6-8-10-11-12-14-16-30-17-19-31(20-18-30)32-21-23-34(24-22-32)37(39)40-35-27-25-33(26-28-35)36(38)29(3)15-13-9-7-5-2/h17-29H,4-16H2,1-3H3/t29-/m0/s1. The van der Waals surface area contributed by atoms with Gasteiger partial charge in [0.05, 0.1) is 5.56 Å². The zero-order valence-corrected chi connectivity index (χ0v) is 24.9. The van der Waals surface area contributed by atoms with Gasteiger partial charge in [-0.15, -0.1) is 0 Å². The number of ether oxygens (including phenoxy) is 1. The monoisotopic (exact) mass is 540 g/mol. The fraction of sp³-hybridized carbons (Fsp3) is 0.459. The summed E-state index contributed by atoms with van der Waals surface area (Å²) < 4.78 is 5.57. The van der Waals surface area contributed by atoms with Crippen LogP contribution < -0.4 is 4.74 Å². The number of carbonyl (C=O) groups excluding carboxylic acids is 2. The van der Waals surface area contributed by atoms with Crippen molar-refractivity contribution in [3.63, 3.8) is 0 Å². The number of rotatable bonds is 18. The van der Waals surface area contributed by atoms with Crippen molar-refractivity contribution in [1.29, 1.82) is 0 Å². The lowest BCUT2D eigenvalue weighted by molar-refractivity contribution is 0.0734. The topological polar surface area (TPSA) is 43.4 Å². The average molecular weight is 541 g/mol. The largest absolute Gasteiger partial charge is 0.423 e. The van der Waals surface area contributed by atoms with Gasteiger partial charge >= 0.3 is 5.97 Å². The Morgan fingerprint density at radius 2 is 1.10 bits per heavy atom. The fourth-order valence-corrected chi connectivity index (χ4v) is 5.09. The Labute approximate surface area is 242 Å². The van der Waals surface area contributed by atoms with Crippen molar-refractivity contribution in [1.82, 2.24) is 0 Å². The van der Waals surface area contributed by atoms with E-state index in [-0.39, 0.29) is 11.7 Å². The third-order valence-corrected chi connectivity index (χ3v) is 7.76. The van der Waals surface area contributed by atoms with Crippen LogP contribution in [0.4, 0.5) is 0 Å². The smallest absolute Gasteiger partial charge is 0.343 e. The summed E-state index contributed by atoms with van der Waals surface area (Å²) in [6.07, 6.45) is 16.0. The number of esters is 1. The molecule has 1 atom stereocenters. The quantitative estimate of drug-likeness (QED) is 0.0697. The molecule has 0 amide bonds. The molecular formula is C37H48O3. The van der Waals surface area contributed by atoms with Gasteiger partial charge in [0.2, 0.25) is 0 Å². The first-order valence-electron chi connectivity index (χ1n) is 15.6. The minimum Gasteiger partial charge on any atom is -0.423 e. The van der Waals surface area contributed by atoms with Crippen LogP contribution >= 0.6 is 0 Å². The van der Waals surface area contributed by atoms with Crippen molar-refractivity contribution in [2.24, 2.45) is 5.92 Å². The van der Waals surface area contributed by atoms with Gasteiger partial charge in [0, 0.05) is 11.5 Å². The van der Waals surface area contributed by atoms with E-state index in [2.05, 4.69) is 38.1 Å². The summed E-state index contributed by atoms with van der Waals surface area (Å²) in [5.74, 6) is 0.193. The summed E-state index contributed by atoms with van der Waals surface area (Å²) in [5.41, 5.74) is 4.76. The van der Waals surface area contributed by atoms with E-state index in [9.17, 15) is 9.59 Å². The van der Waals surface area contributed by atoms with E-state index in [1.807, 2.05) is 31.2 Å². The Kier molecular flexibility index (Phi) is 13.7. The number of hydrogen-bond donors (Lipinski definition) is 0. The highest BCUT2D eigenvalue weighted by Crippen LogP contribution is 2.23. The SMILES string of the molecule is CCCCCCCCCc1ccc(-c2ccc(C(=O)Oc3ccc(C(=O)[C@@H](C)CCCCCC)cc3)cc2)cc1. The van der Waals surface area contributed by atoms with Crippen LogP contribution in [-0.4, -0.2) is 11.8 Å². The molecule has 0 bridgehead atoms. The molecule has 0 aliphatic heterocycles. The van der Waals surface area contributed by atoms with Crippen LogP contribution in [0.15, 0.2) is 72.8 Å². The van der Waals surface area contributed by atoms with Crippen LogP contribution in [0.1, 0.15) is 124 Å². The lowest BCUT2D eigenvalue weighted by Gasteiger charge is -2.11. The van der Waals surface area contributed by atoms with E-state index in [1.165, 1.54) is 69.8 Å². The number of carbonyl (C=O) groups is 2. The van der Waals surface area contributed by atoms with E-state index in [0.717, 1.165) is 30.4 Å². The number of unbranched alkanes of at least 4 members (excludes halogenated alkanes) is 9. The molecule has 3 rings (SSSR count). The molecule has 0 aromatic heterocycles. The molecule has 0 spiro atoms. The van der Waals surface area contributed by atoms with Gasteiger partial charge in [0.15, 0.2) is 5.78 Å². The lowest BCUT2D eigenvalue weighted by atomic mass is 9.94. The minimum atomic E-state index is -0.403. The maximum atomic E-state index is 12.7. The van der Waals surface area contributed by atoms with E-state index in [1.54, 1.807) is 24.3 Å². The minimum absolute atomic E-state index is 0.00470. The molecule has 0 fully saturated rings. The second-order valence-corrected chi connectivity index (χ2v) is 11.2. The Hall–Kier alpha value is -3.20. The molecule has 0 saturated heterocycles. The van der Waals surface area contributed by atoms with Gasteiger partial charge in [-0.05, 0) is 72.4 Å². The van der Waals surface area contributed by atoms with Crippen LogP contribution in [-0.2, 0) is 6.42 Å². The summed E-state index contributed by atoms with van der Waals surface area (Å²) in [5, 5.41) is 0. The predicted molar refractivity (Wildman–Crippen MR) is 167 cm³/mol. The molecule has 0 heterocycles. The first-order valence-corrected chi connectivity index (χ1v) is 15.6. The van der Waals surface area contributed by atoms with E-state index < -0.39 is 5.97 Å². The fourth-order valence-electron chi connectivity index (χ4n) is 5.09. The van der Waals surface area contributed by atoms with E-state index >= 15 is 0 Å². The zero-order chi connectivity index (χ0) is 28.6. The molecule has 40 heavy (non-hydrogen) atoms. The molecule has 3 aromatic rings. The third kappa shape index (κ3) is 10.4. The van der Waals surface area contributed by atoms with Crippen molar-refractivity contribution in [2.75, 3.05) is 0 Å². The Bertz CT molecular complexity index is 1140. The number of ketones is 1. The number of Topliss-reactive ketones (excluding diaryl/α,β-unsaturated/α-hetero) is 1. The van der Waals surface area contributed by atoms with Crippen LogP contribution in [0, 0.1) is 5.92 Å².